The number of allylic oxidation sites excluding steroid dienone is 1. The van der Waals surface area contributed by atoms with Crippen LogP contribution in [0, 0.1) is 10.1 Å². The van der Waals surface area contributed by atoms with Gasteiger partial charge in [-0.1, -0.05) is 50.3 Å². The highest BCUT2D eigenvalue weighted by Crippen LogP contribution is 2.25. The van der Waals surface area contributed by atoms with Crippen LogP contribution in [0.5, 0.6) is 11.5 Å². The van der Waals surface area contributed by atoms with Crippen molar-refractivity contribution in [1.29, 1.82) is 0 Å². The smallest absolute Gasteiger partial charge is 0.280 e. The Bertz CT molecular complexity index is 1130. The lowest BCUT2D eigenvalue weighted by atomic mass is 10.0. The molecule has 0 aliphatic rings. The number of nitro groups is 1. The average molecular weight is 431 g/mol. The Hall–Kier alpha value is -3.93. The molecule has 0 radical (unpaired) electrons. The van der Waals surface area contributed by atoms with E-state index in [2.05, 4.69) is 13.8 Å². The normalized spacial score (nSPS) is 11.0. The zero-order valence-corrected chi connectivity index (χ0v) is 18.3. The van der Waals surface area contributed by atoms with Gasteiger partial charge in [-0.2, -0.15) is 0 Å². The van der Waals surface area contributed by atoms with Crippen LogP contribution in [0.25, 0.3) is 6.08 Å². The third kappa shape index (κ3) is 5.60. The molecule has 0 bridgehead atoms. The molecule has 0 spiro atoms. The second-order valence-electron chi connectivity index (χ2n) is 7.56. The molecule has 164 valence electrons. The van der Waals surface area contributed by atoms with Crippen LogP contribution >= 0.6 is 0 Å². The first-order valence-corrected chi connectivity index (χ1v) is 10.2. The van der Waals surface area contributed by atoms with Crippen molar-refractivity contribution in [1.82, 2.24) is 0 Å². The topological polar surface area (TPSA) is 78.7 Å². The van der Waals surface area contributed by atoms with Crippen molar-refractivity contribution in [3.63, 3.8) is 0 Å². The van der Waals surface area contributed by atoms with Gasteiger partial charge >= 0.3 is 0 Å². The highest BCUT2D eigenvalue weighted by atomic mass is 16.6. The summed E-state index contributed by atoms with van der Waals surface area (Å²) in [5.74, 6) is 1.44. The summed E-state index contributed by atoms with van der Waals surface area (Å²) in [5.41, 5.74) is 2.66. The lowest BCUT2D eigenvalue weighted by molar-refractivity contribution is -0.385. The predicted molar refractivity (Wildman–Crippen MR) is 124 cm³/mol. The van der Waals surface area contributed by atoms with E-state index >= 15 is 0 Å². The number of carbonyl (C=O) groups excluding carboxylic acids is 1. The molecule has 0 aliphatic heterocycles. The monoisotopic (exact) mass is 431 g/mol. The van der Waals surface area contributed by atoms with E-state index in [-0.39, 0.29) is 11.3 Å². The Morgan fingerprint density at radius 1 is 1.06 bits per heavy atom. The van der Waals surface area contributed by atoms with Crippen molar-refractivity contribution in [2.75, 3.05) is 7.11 Å². The summed E-state index contributed by atoms with van der Waals surface area (Å²) in [6.07, 6.45) is 2.96. The molecule has 3 rings (SSSR count). The van der Waals surface area contributed by atoms with Gasteiger partial charge in [0.15, 0.2) is 5.78 Å². The van der Waals surface area contributed by atoms with Crippen LogP contribution in [0.3, 0.4) is 0 Å². The molecule has 32 heavy (non-hydrogen) atoms. The van der Waals surface area contributed by atoms with Gasteiger partial charge in [-0.25, -0.2) is 0 Å². The van der Waals surface area contributed by atoms with Gasteiger partial charge in [-0.3, -0.25) is 14.9 Å². The summed E-state index contributed by atoms with van der Waals surface area (Å²) in [6, 6.07) is 19.3. The summed E-state index contributed by atoms with van der Waals surface area (Å²) in [7, 11) is 1.59. The fourth-order valence-corrected chi connectivity index (χ4v) is 3.23. The first-order valence-electron chi connectivity index (χ1n) is 10.2. The SMILES string of the molecule is COc1ccc(/C=C/C(=O)c2ccccc2[N+](=O)[O-])cc1COc1ccc(C(C)C)cc1. The van der Waals surface area contributed by atoms with Crippen molar-refractivity contribution in [2.45, 2.75) is 26.4 Å². The highest BCUT2D eigenvalue weighted by Gasteiger charge is 2.17. The molecule has 0 fully saturated rings. The fraction of sp³-hybridized carbons (Fsp3) is 0.192. The largest absolute Gasteiger partial charge is 0.496 e. The first-order chi connectivity index (χ1) is 15.4. The lowest BCUT2D eigenvalue weighted by Gasteiger charge is -2.12. The van der Waals surface area contributed by atoms with Crippen molar-refractivity contribution in [2.24, 2.45) is 0 Å². The van der Waals surface area contributed by atoms with Crippen molar-refractivity contribution in [3.8, 4) is 11.5 Å². The van der Waals surface area contributed by atoms with Gasteiger partial charge in [-0.05, 0) is 53.5 Å². The maximum Gasteiger partial charge on any atom is 0.280 e. The molecular weight excluding hydrogens is 406 g/mol. The van der Waals surface area contributed by atoms with E-state index in [1.165, 1.54) is 29.8 Å². The number of hydrogen-bond donors (Lipinski definition) is 0. The molecule has 0 heterocycles. The number of nitrogens with zero attached hydrogens (tertiary/aromatic N) is 1. The van der Waals surface area contributed by atoms with Crippen LogP contribution in [-0.2, 0) is 6.61 Å². The predicted octanol–water partition coefficient (Wildman–Crippen LogP) is 6.20. The molecule has 6 heteroatoms. The zero-order chi connectivity index (χ0) is 23.1. The molecule has 0 amide bonds. The molecule has 0 unspecified atom stereocenters. The quantitative estimate of drug-likeness (QED) is 0.174. The van der Waals surface area contributed by atoms with Crippen LogP contribution in [0.2, 0.25) is 0 Å². The zero-order valence-electron chi connectivity index (χ0n) is 18.3. The number of rotatable bonds is 9. The van der Waals surface area contributed by atoms with Crippen molar-refractivity contribution >= 4 is 17.5 Å². The molecular formula is C26H25NO5. The molecule has 3 aromatic rings. The van der Waals surface area contributed by atoms with E-state index in [9.17, 15) is 14.9 Å². The highest BCUT2D eigenvalue weighted by molar-refractivity contribution is 6.09. The van der Waals surface area contributed by atoms with Crippen LogP contribution in [0.1, 0.15) is 46.8 Å². The molecule has 0 aliphatic carbocycles. The van der Waals surface area contributed by atoms with Gasteiger partial charge < -0.3 is 9.47 Å². The molecule has 0 atom stereocenters. The van der Waals surface area contributed by atoms with Gasteiger partial charge in [0.2, 0.25) is 0 Å². The summed E-state index contributed by atoms with van der Waals surface area (Å²) in [5, 5.41) is 11.2. The van der Waals surface area contributed by atoms with Crippen molar-refractivity contribution in [3.05, 3.63) is 105 Å². The van der Waals surface area contributed by atoms with Gasteiger partial charge in [-0.15, -0.1) is 0 Å². The summed E-state index contributed by atoms with van der Waals surface area (Å²) < 4.78 is 11.3. The number of nitro benzene ring substituents is 1. The maximum atomic E-state index is 12.5. The standard InChI is InChI=1S/C26H25NO5/c1-18(2)20-10-12-22(13-11-20)32-17-21-16-19(9-15-26(21)31-3)8-14-25(28)23-6-4-5-7-24(23)27(29)30/h4-16,18H,17H2,1-3H3/b14-8+. The maximum absolute atomic E-state index is 12.5. The Morgan fingerprint density at radius 2 is 1.78 bits per heavy atom. The molecule has 0 aromatic heterocycles. The van der Waals surface area contributed by atoms with Gasteiger partial charge in [0.1, 0.15) is 18.1 Å². The number of carbonyl (C=O) groups is 1. The van der Waals surface area contributed by atoms with E-state index in [0.29, 0.717) is 18.3 Å². The van der Waals surface area contributed by atoms with Gasteiger partial charge in [0, 0.05) is 11.6 Å². The molecule has 3 aromatic carbocycles. The number of para-hydroxylation sites is 1. The number of methoxy groups -OCH3 is 1. The van der Waals surface area contributed by atoms with Crippen molar-refractivity contribution < 1.29 is 19.2 Å². The minimum Gasteiger partial charge on any atom is -0.496 e. The molecule has 0 saturated carbocycles. The summed E-state index contributed by atoms with van der Waals surface area (Å²) in [6.45, 7) is 4.57. The Kier molecular flexibility index (Phi) is 7.39. The van der Waals surface area contributed by atoms with Crippen LogP contribution in [0.15, 0.2) is 72.8 Å². The van der Waals surface area contributed by atoms with Crippen LogP contribution in [-0.4, -0.2) is 17.8 Å². The fourth-order valence-electron chi connectivity index (χ4n) is 3.23. The number of ketones is 1. The number of benzene rings is 3. The molecule has 6 nitrogen and oxygen atoms in total. The van der Waals surface area contributed by atoms with E-state index in [1.807, 2.05) is 36.4 Å². The second kappa shape index (κ2) is 10.4. The lowest BCUT2D eigenvalue weighted by Crippen LogP contribution is -2.01. The third-order valence-electron chi connectivity index (χ3n) is 5.04. The van der Waals surface area contributed by atoms with Gasteiger partial charge in [0.05, 0.1) is 17.6 Å². The Labute approximate surface area is 187 Å². The minimum atomic E-state index is -0.558. The third-order valence-corrected chi connectivity index (χ3v) is 5.04. The Balaban J connectivity index is 1.75. The van der Waals surface area contributed by atoms with E-state index in [0.717, 1.165) is 16.9 Å². The van der Waals surface area contributed by atoms with E-state index in [1.54, 1.807) is 25.3 Å². The Morgan fingerprint density at radius 3 is 2.44 bits per heavy atom. The number of ether oxygens (including phenoxy) is 2. The minimum absolute atomic E-state index is 0.0515. The average Bonchev–Trinajstić information content (AvgIpc) is 2.81. The number of hydrogen-bond acceptors (Lipinski definition) is 5. The van der Waals surface area contributed by atoms with Crippen LogP contribution < -0.4 is 9.47 Å². The second-order valence-corrected chi connectivity index (χ2v) is 7.56. The van der Waals surface area contributed by atoms with Gasteiger partial charge in [0.25, 0.3) is 5.69 Å². The first kappa shape index (κ1) is 22.7. The molecule has 0 N–H and O–H groups in total. The van der Waals surface area contributed by atoms with E-state index < -0.39 is 10.7 Å². The van der Waals surface area contributed by atoms with E-state index in [4.69, 9.17) is 9.47 Å². The molecule has 0 saturated heterocycles. The summed E-state index contributed by atoms with van der Waals surface area (Å²) >= 11 is 0. The summed E-state index contributed by atoms with van der Waals surface area (Å²) in [4.78, 5) is 23.1. The van der Waals surface area contributed by atoms with Crippen LogP contribution in [0.4, 0.5) is 5.69 Å².